The second kappa shape index (κ2) is 5.98. The van der Waals surface area contributed by atoms with Gasteiger partial charge in [-0.15, -0.1) is 0 Å². The number of hydrogen-bond acceptors (Lipinski definition) is 5. The summed E-state index contributed by atoms with van der Waals surface area (Å²) >= 11 is 0. The first-order valence-electron chi connectivity index (χ1n) is 8.57. The molecule has 7 heteroatoms. The third kappa shape index (κ3) is 2.79. The fourth-order valence-corrected chi connectivity index (χ4v) is 3.58. The summed E-state index contributed by atoms with van der Waals surface area (Å²) in [5.41, 5.74) is 3.93. The van der Waals surface area contributed by atoms with E-state index >= 15 is 0 Å². The lowest BCUT2D eigenvalue weighted by Gasteiger charge is -2.25. The minimum atomic E-state index is 0.0130. The van der Waals surface area contributed by atoms with E-state index in [0.29, 0.717) is 11.3 Å². The number of amides is 1. The van der Waals surface area contributed by atoms with Crippen LogP contribution in [-0.4, -0.2) is 43.3 Å². The highest BCUT2D eigenvalue weighted by Gasteiger charge is 2.30. The Hall–Kier alpha value is -2.70. The predicted molar refractivity (Wildman–Crippen MR) is 92.3 cm³/mol. The van der Waals surface area contributed by atoms with Crippen LogP contribution in [-0.2, 0) is 6.54 Å². The van der Waals surface area contributed by atoms with Crippen LogP contribution in [0.2, 0.25) is 0 Å². The van der Waals surface area contributed by atoms with E-state index in [4.69, 9.17) is 4.52 Å². The van der Waals surface area contributed by atoms with Gasteiger partial charge in [-0.3, -0.25) is 9.48 Å². The summed E-state index contributed by atoms with van der Waals surface area (Å²) in [6.45, 7) is 7.39. The number of fused-ring (bicyclic) bond motifs is 1. The molecule has 1 aliphatic heterocycles. The maximum atomic E-state index is 13.0. The highest BCUT2D eigenvalue weighted by atomic mass is 16.5. The smallest absolute Gasteiger partial charge is 0.257 e. The lowest BCUT2D eigenvalue weighted by Crippen LogP contribution is -2.38. The van der Waals surface area contributed by atoms with E-state index in [9.17, 15) is 4.79 Å². The minimum Gasteiger partial charge on any atom is -0.336 e. The fraction of sp³-hybridized carbons (Fsp3) is 0.444. The van der Waals surface area contributed by atoms with Gasteiger partial charge in [-0.2, -0.15) is 5.10 Å². The Morgan fingerprint density at radius 3 is 2.92 bits per heavy atom. The van der Waals surface area contributed by atoms with Gasteiger partial charge in [0.25, 0.3) is 11.6 Å². The molecule has 1 amide bonds. The number of rotatable bonds is 3. The van der Waals surface area contributed by atoms with Crippen molar-refractivity contribution < 1.29 is 9.32 Å². The van der Waals surface area contributed by atoms with Gasteiger partial charge in [0.2, 0.25) is 0 Å². The van der Waals surface area contributed by atoms with E-state index in [1.54, 1.807) is 6.20 Å². The van der Waals surface area contributed by atoms with Crippen molar-refractivity contribution in [3.8, 4) is 0 Å². The molecule has 0 saturated carbocycles. The first-order valence-corrected chi connectivity index (χ1v) is 8.57. The topological polar surface area (TPSA) is 77.0 Å². The van der Waals surface area contributed by atoms with E-state index < -0.39 is 0 Å². The largest absolute Gasteiger partial charge is 0.336 e. The molecule has 0 aromatic carbocycles. The molecule has 1 fully saturated rings. The van der Waals surface area contributed by atoms with Crippen molar-refractivity contribution in [2.75, 3.05) is 6.54 Å². The molecule has 4 rings (SSSR count). The monoisotopic (exact) mass is 339 g/mol. The summed E-state index contributed by atoms with van der Waals surface area (Å²) < 4.78 is 7.12. The van der Waals surface area contributed by atoms with Gasteiger partial charge < -0.3 is 9.42 Å². The first kappa shape index (κ1) is 15.8. The van der Waals surface area contributed by atoms with Crippen molar-refractivity contribution in [1.29, 1.82) is 0 Å². The molecule has 0 radical (unpaired) electrons. The molecule has 4 heterocycles. The highest BCUT2D eigenvalue weighted by Crippen LogP contribution is 2.24. The van der Waals surface area contributed by atoms with Gasteiger partial charge in [-0.05, 0) is 45.7 Å². The summed E-state index contributed by atoms with van der Waals surface area (Å²) in [6.07, 6.45) is 3.58. The molecular weight excluding hydrogens is 318 g/mol. The normalized spacial score (nSPS) is 17.6. The van der Waals surface area contributed by atoms with Gasteiger partial charge >= 0.3 is 0 Å². The molecule has 25 heavy (non-hydrogen) atoms. The molecular formula is C18H21N5O2. The SMILES string of the molecule is Cc1cc(C)n(C[C@@H]2CCCN2C(=O)c2cnc3onc(C)c3c2)n1. The molecule has 0 unspecified atom stereocenters. The number of aryl methyl sites for hydroxylation is 3. The van der Waals surface area contributed by atoms with Crippen molar-refractivity contribution in [3.05, 3.63) is 41.0 Å². The van der Waals surface area contributed by atoms with Crippen LogP contribution in [0.4, 0.5) is 0 Å². The number of carbonyl (C=O) groups is 1. The van der Waals surface area contributed by atoms with Crippen LogP contribution in [0.3, 0.4) is 0 Å². The summed E-state index contributed by atoms with van der Waals surface area (Å²) in [7, 11) is 0. The van der Waals surface area contributed by atoms with Gasteiger partial charge in [0.1, 0.15) is 0 Å². The predicted octanol–water partition coefficient (Wildman–Crippen LogP) is 2.65. The van der Waals surface area contributed by atoms with E-state index in [2.05, 4.69) is 21.3 Å². The molecule has 1 saturated heterocycles. The molecule has 7 nitrogen and oxygen atoms in total. The Labute approximate surface area is 145 Å². The lowest BCUT2D eigenvalue weighted by atomic mass is 10.1. The van der Waals surface area contributed by atoms with Crippen molar-refractivity contribution in [1.82, 2.24) is 24.8 Å². The number of carbonyl (C=O) groups excluding carboxylic acids is 1. The molecule has 0 N–H and O–H groups in total. The Kier molecular flexibility index (Phi) is 3.78. The van der Waals surface area contributed by atoms with Crippen molar-refractivity contribution in [2.24, 2.45) is 0 Å². The standard InChI is InChI=1S/C18H21N5O2/c1-11-7-12(2)23(20-11)10-15-5-4-6-22(15)18(24)14-8-16-13(3)21-25-17(16)19-9-14/h7-9,15H,4-6,10H2,1-3H3/t15-/m0/s1. The number of likely N-dealkylation sites (tertiary alicyclic amines) is 1. The second-order valence-electron chi connectivity index (χ2n) is 6.75. The number of aromatic nitrogens is 4. The van der Waals surface area contributed by atoms with Gasteiger partial charge in [-0.1, -0.05) is 5.16 Å². The van der Waals surface area contributed by atoms with Gasteiger partial charge in [0.05, 0.1) is 34.9 Å². The Morgan fingerprint density at radius 1 is 1.32 bits per heavy atom. The van der Waals surface area contributed by atoms with Crippen LogP contribution in [0, 0.1) is 20.8 Å². The van der Waals surface area contributed by atoms with Crippen LogP contribution in [0.25, 0.3) is 11.1 Å². The number of hydrogen-bond donors (Lipinski definition) is 0. The van der Waals surface area contributed by atoms with Gasteiger partial charge in [0.15, 0.2) is 0 Å². The Balaban J connectivity index is 1.59. The number of pyridine rings is 1. The van der Waals surface area contributed by atoms with Gasteiger partial charge in [0, 0.05) is 18.4 Å². The highest BCUT2D eigenvalue weighted by molar-refractivity contribution is 5.97. The first-order chi connectivity index (χ1) is 12.0. The van der Waals surface area contributed by atoms with E-state index in [1.807, 2.05) is 36.4 Å². The third-order valence-electron chi connectivity index (χ3n) is 4.88. The quantitative estimate of drug-likeness (QED) is 0.733. The summed E-state index contributed by atoms with van der Waals surface area (Å²) in [5, 5.41) is 9.23. The average molecular weight is 339 g/mol. The molecule has 1 atom stereocenters. The maximum Gasteiger partial charge on any atom is 0.257 e. The van der Waals surface area contributed by atoms with E-state index in [1.165, 1.54) is 0 Å². The Morgan fingerprint density at radius 2 is 2.16 bits per heavy atom. The van der Waals surface area contributed by atoms with Crippen molar-refractivity contribution in [2.45, 2.75) is 46.2 Å². The van der Waals surface area contributed by atoms with Crippen LogP contribution in [0.5, 0.6) is 0 Å². The molecule has 130 valence electrons. The van der Waals surface area contributed by atoms with Crippen LogP contribution >= 0.6 is 0 Å². The van der Waals surface area contributed by atoms with E-state index in [0.717, 1.165) is 48.4 Å². The molecule has 3 aromatic rings. The zero-order chi connectivity index (χ0) is 17.6. The van der Waals surface area contributed by atoms with Crippen LogP contribution in [0.15, 0.2) is 22.9 Å². The summed E-state index contributed by atoms with van der Waals surface area (Å²) in [6, 6.07) is 4.05. The molecule has 1 aliphatic rings. The second-order valence-corrected chi connectivity index (χ2v) is 6.75. The lowest BCUT2D eigenvalue weighted by molar-refractivity contribution is 0.0721. The molecule has 0 aliphatic carbocycles. The summed E-state index contributed by atoms with van der Waals surface area (Å²) in [4.78, 5) is 19.2. The third-order valence-corrected chi connectivity index (χ3v) is 4.88. The van der Waals surface area contributed by atoms with Crippen LogP contribution < -0.4 is 0 Å². The molecule has 0 spiro atoms. The van der Waals surface area contributed by atoms with Crippen molar-refractivity contribution in [3.63, 3.8) is 0 Å². The fourth-order valence-electron chi connectivity index (χ4n) is 3.58. The molecule has 0 bridgehead atoms. The summed E-state index contributed by atoms with van der Waals surface area (Å²) in [5.74, 6) is 0.0130. The minimum absolute atomic E-state index is 0.0130. The number of nitrogens with zero attached hydrogens (tertiary/aromatic N) is 5. The van der Waals surface area contributed by atoms with Gasteiger partial charge in [-0.25, -0.2) is 4.98 Å². The van der Waals surface area contributed by atoms with Crippen molar-refractivity contribution >= 4 is 17.0 Å². The zero-order valence-corrected chi connectivity index (χ0v) is 14.7. The van der Waals surface area contributed by atoms with E-state index in [-0.39, 0.29) is 11.9 Å². The Bertz CT molecular complexity index is 942. The van der Waals surface area contributed by atoms with Crippen LogP contribution in [0.1, 0.15) is 40.3 Å². The average Bonchev–Trinajstić information content (AvgIpc) is 3.28. The zero-order valence-electron chi connectivity index (χ0n) is 14.7. The molecule has 3 aromatic heterocycles. The maximum absolute atomic E-state index is 13.0.